The van der Waals surface area contributed by atoms with E-state index >= 15 is 0 Å². The molecule has 8 aromatic carbocycles. The molecule has 46 heavy (non-hydrogen) atoms. The predicted molar refractivity (Wildman–Crippen MR) is 198 cm³/mol. The largest absolute Gasteiger partial charge is 0.309 e. The summed E-state index contributed by atoms with van der Waals surface area (Å²) < 4.78 is 2.40. The van der Waals surface area contributed by atoms with Crippen LogP contribution in [0.1, 0.15) is 18.1 Å². The standard InChI is InChI=1S/C45H33N/c1-3-30-23-24-32(31-13-12-14-33(26-31)46-44-21-10-8-19-38(44)39-20-9-11-22-45(39)46)27-41(30)40-28-43-37-18-7-5-16-35(37)34-15-4-6-17-36(34)42(43)25-29(40)2/h4-28H,3H2,1-2H3. The summed E-state index contributed by atoms with van der Waals surface area (Å²) in [6.45, 7) is 4.54. The predicted octanol–water partition coefficient (Wildman–Crippen LogP) is 12.4. The molecule has 0 N–H and O–H groups in total. The fraction of sp³-hybridized carbons (Fsp3) is 0.0667. The van der Waals surface area contributed by atoms with Gasteiger partial charge < -0.3 is 4.57 Å². The van der Waals surface area contributed by atoms with E-state index < -0.39 is 0 Å². The molecule has 0 radical (unpaired) electrons. The van der Waals surface area contributed by atoms with Gasteiger partial charge >= 0.3 is 0 Å². The van der Waals surface area contributed by atoms with Gasteiger partial charge in [-0.1, -0.05) is 122 Å². The highest BCUT2D eigenvalue weighted by atomic mass is 15.0. The minimum atomic E-state index is 0.979. The maximum absolute atomic E-state index is 2.45. The highest BCUT2D eigenvalue weighted by Crippen LogP contribution is 2.41. The van der Waals surface area contributed by atoms with Crippen molar-refractivity contribution in [1.29, 1.82) is 0 Å². The molecule has 9 rings (SSSR count). The van der Waals surface area contributed by atoms with Crippen molar-refractivity contribution in [3.8, 4) is 27.9 Å². The maximum Gasteiger partial charge on any atom is 0.0541 e. The van der Waals surface area contributed by atoms with Gasteiger partial charge in [-0.25, -0.2) is 0 Å². The molecular formula is C45H33N. The quantitative estimate of drug-likeness (QED) is 0.181. The molecule has 0 aliphatic rings. The van der Waals surface area contributed by atoms with E-state index in [9.17, 15) is 0 Å². The summed E-state index contributed by atoms with van der Waals surface area (Å²) in [5.74, 6) is 0. The summed E-state index contributed by atoms with van der Waals surface area (Å²) in [4.78, 5) is 0. The third-order valence-electron chi connectivity index (χ3n) is 9.89. The minimum Gasteiger partial charge on any atom is -0.309 e. The number of nitrogens with zero attached hydrogens (tertiary/aromatic N) is 1. The summed E-state index contributed by atoms with van der Waals surface area (Å²) in [6.07, 6.45) is 0.979. The fourth-order valence-electron chi connectivity index (χ4n) is 7.69. The molecule has 0 spiro atoms. The van der Waals surface area contributed by atoms with Crippen molar-refractivity contribution in [2.45, 2.75) is 20.3 Å². The molecule has 218 valence electrons. The van der Waals surface area contributed by atoms with Crippen molar-refractivity contribution in [1.82, 2.24) is 4.57 Å². The Balaban J connectivity index is 1.24. The van der Waals surface area contributed by atoms with E-state index in [0.717, 1.165) is 6.42 Å². The van der Waals surface area contributed by atoms with Crippen LogP contribution in [-0.4, -0.2) is 4.57 Å². The second-order valence-electron chi connectivity index (χ2n) is 12.4. The van der Waals surface area contributed by atoms with Crippen LogP contribution < -0.4 is 0 Å². The Morgan fingerprint density at radius 1 is 0.413 bits per heavy atom. The Morgan fingerprint density at radius 2 is 0.935 bits per heavy atom. The van der Waals surface area contributed by atoms with Crippen molar-refractivity contribution < 1.29 is 0 Å². The lowest BCUT2D eigenvalue weighted by atomic mass is 9.87. The molecule has 1 heterocycles. The maximum atomic E-state index is 2.45. The lowest BCUT2D eigenvalue weighted by molar-refractivity contribution is 1.14. The van der Waals surface area contributed by atoms with E-state index in [4.69, 9.17) is 0 Å². The first kappa shape index (κ1) is 26.7. The summed E-state index contributed by atoms with van der Waals surface area (Å²) in [7, 11) is 0. The molecule has 0 amide bonds. The van der Waals surface area contributed by atoms with Crippen molar-refractivity contribution in [2.24, 2.45) is 0 Å². The van der Waals surface area contributed by atoms with Gasteiger partial charge in [0.2, 0.25) is 0 Å². The van der Waals surface area contributed by atoms with Crippen LogP contribution in [0.5, 0.6) is 0 Å². The number of fused-ring (bicyclic) bond motifs is 9. The highest BCUT2D eigenvalue weighted by Gasteiger charge is 2.16. The van der Waals surface area contributed by atoms with Crippen LogP contribution in [0.2, 0.25) is 0 Å². The Kier molecular flexibility index (Phi) is 6.08. The third-order valence-corrected chi connectivity index (χ3v) is 9.89. The van der Waals surface area contributed by atoms with Crippen LogP contribution >= 0.6 is 0 Å². The number of hydrogen-bond donors (Lipinski definition) is 0. The second kappa shape index (κ2) is 10.5. The van der Waals surface area contributed by atoms with Crippen LogP contribution in [0, 0.1) is 6.92 Å². The first-order chi connectivity index (χ1) is 22.7. The van der Waals surface area contributed by atoms with Gasteiger partial charge in [-0.15, -0.1) is 0 Å². The summed E-state index contributed by atoms with van der Waals surface area (Å²) in [6, 6.07) is 56.1. The molecule has 0 fully saturated rings. The molecule has 0 saturated carbocycles. The third kappa shape index (κ3) is 4.02. The number of aryl methyl sites for hydroxylation is 2. The lowest BCUT2D eigenvalue weighted by Crippen LogP contribution is -1.95. The molecule has 0 aliphatic carbocycles. The zero-order valence-electron chi connectivity index (χ0n) is 26.1. The molecule has 0 bridgehead atoms. The van der Waals surface area contributed by atoms with Crippen LogP contribution in [-0.2, 0) is 6.42 Å². The zero-order chi connectivity index (χ0) is 30.8. The van der Waals surface area contributed by atoms with Gasteiger partial charge in [0.15, 0.2) is 0 Å². The lowest BCUT2D eigenvalue weighted by Gasteiger charge is -2.17. The van der Waals surface area contributed by atoms with Crippen molar-refractivity contribution in [2.75, 3.05) is 0 Å². The fourth-order valence-corrected chi connectivity index (χ4v) is 7.69. The zero-order valence-corrected chi connectivity index (χ0v) is 26.1. The molecule has 0 saturated heterocycles. The second-order valence-corrected chi connectivity index (χ2v) is 12.4. The van der Waals surface area contributed by atoms with Gasteiger partial charge in [0.25, 0.3) is 0 Å². The normalized spacial score (nSPS) is 11.8. The van der Waals surface area contributed by atoms with E-state index in [1.807, 2.05) is 0 Å². The van der Waals surface area contributed by atoms with Gasteiger partial charge in [0.1, 0.15) is 0 Å². The molecule has 1 aromatic heterocycles. The van der Waals surface area contributed by atoms with E-state index in [-0.39, 0.29) is 0 Å². The Bertz CT molecular complexity index is 2580. The average molecular weight is 588 g/mol. The topological polar surface area (TPSA) is 4.93 Å². The van der Waals surface area contributed by atoms with Crippen molar-refractivity contribution >= 4 is 54.1 Å². The van der Waals surface area contributed by atoms with Crippen LogP contribution in [0.4, 0.5) is 0 Å². The number of hydrogen-bond acceptors (Lipinski definition) is 0. The Hall–Kier alpha value is -5.66. The molecular weight excluding hydrogens is 555 g/mol. The van der Waals surface area contributed by atoms with E-state index in [1.165, 1.54) is 93.2 Å². The summed E-state index contributed by atoms with van der Waals surface area (Å²) in [5, 5.41) is 10.5. The van der Waals surface area contributed by atoms with E-state index in [2.05, 4.69) is 170 Å². The van der Waals surface area contributed by atoms with Gasteiger partial charge in [-0.3, -0.25) is 0 Å². The Morgan fingerprint density at radius 3 is 1.54 bits per heavy atom. The van der Waals surface area contributed by atoms with Gasteiger partial charge in [0.05, 0.1) is 11.0 Å². The SMILES string of the molecule is CCc1ccc(-c2cccc(-n3c4ccccc4c4ccccc43)c2)cc1-c1cc2c3ccccc3c3ccccc3c2cc1C. The first-order valence-corrected chi connectivity index (χ1v) is 16.3. The van der Waals surface area contributed by atoms with Gasteiger partial charge in [-0.2, -0.15) is 0 Å². The van der Waals surface area contributed by atoms with E-state index in [1.54, 1.807) is 0 Å². The van der Waals surface area contributed by atoms with Crippen LogP contribution in [0.3, 0.4) is 0 Å². The van der Waals surface area contributed by atoms with Gasteiger partial charge in [0, 0.05) is 16.5 Å². The van der Waals surface area contributed by atoms with Gasteiger partial charge in [-0.05, 0) is 115 Å². The highest BCUT2D eigenvalue weighted by molar-refractivity contribution is 6.26. The Labute approximate surface area is 269 Å². The van der Waals surface area contributed by atoms with Crippen LogP contribution in [0.25, 0.3) is 82.1 Å². The number of para-hydroxylation sites is 2. The smallest absolute Gasteiger partial charge is 0.0541 e. The van der Waals surface area contributed by atoms with Crippen molar-refractivity contribution in [3.05, 3.63) is 163 Å². The minimum absolute atomic E-state index is 0.979. The number of benzene rings is 8. The molecule has 0 unspecified atom stereocenters. The summed E-state index contributed by atoms with van der Waals surface area (Å²) >= 11 is 0. The van der Waals surface area contributed by atoms with E-state index in [0.29, 0.717) is 0 Å². The molecule has 1 heteroatoms. The first-order valence-electron chi connectivity index (χ1n) is 16.3. The molecule has 0 atom stereocenters. The molecule has 9 aromatic rings. The average Bonchev–Trinajstić information content (AvgIpc) is 3.46. The number of rotatable bonds is 4. The van der Waals surface area contributed by atoms with Crippen LogP contribution in [0.15, 0.2) is 152 Å². The molecule has 0 aliphatic heterocycles. The summed E-state index contributed by atoms with van der Waals surface area (Å²) in [5.41, 5.74) is 11.4. The van der Waals surface area contributed by atoms with Crippen molar-refractivity contribution in [3.63, 3.8) is 0 Å². The molecule has 1 nitrogen and oxygen atoms in total. The number of aromatic nitrogens is 1. The monoisotopic (exact) mass is 587 g/mol.